The van der Waals surface area contributed by atoms with E-state index >= 15 is 0 Å². The number of hydrogen-bond donors (Lipinski definition) is 1. The Bertz CT molecular complexity index is 146. The number of hydrazine groups is 1. The summed E-state index contributed by atoms with van der Waals surface area (Å²) in [4.78, 5) is 11.0. The highest BCUT2D eigenvalue weighted by molar-refractivity contribution is 5.86. The van der Waals surface area contributed by atoms with Crippen LogP contribution in [-0.2, 0) is 4.79 Å². The molecule has 3 heteroatoms. The third kappa shape index (κ3) is 0.686. The fourth-order valence-electron chi connectivity index (χ4n) is 1.58. The van der Waals surface area contributed by atoms with Crippen molar-refractivity contribution in [3.63, 3.8) is 0 Å². The Labute approximate surface area is 54.0 Å². The van der Waals surface area contributed by atoms with Gasteiger partial charge in [-0.3, -0.25) is 10.2 Å². The van der Waals surface area contributed by atoms with Crippen LogP contribution in [0.25, 0.3) is 0 Å². The van der Waals surface area contributed by atoms with Crippen LogP contribution in [0.15, 0.2) is 0 Å². The maximum Gasteiger partial charge on any atom is 0.152 e. The molecule has 0 spiro atoms. The van der Waals surface area contributed by atoms with Gasteiger partial charge in [-0.05, 0) is 6.42 Å². The van der Waals surface area contributed by atoms with Crippen LogP contribution in [0.3, 0.4) is 0 Å². The summed E-state index contributed by atoms with van der Waals surface area (Å²) in [6.07, 6.45) is 1.76. The molecule has 0 aromatic carbocycles. The zero-order valence-corrected chi connectivity index (χ0v) is 5.26. The van der Waals surface area contributed by atoms with Gasteiger partial charge in [-0.1, -0.05) is 0 Å². The molecule has 1 unspecified atom stereocenters. The van der Waals surface area contributed by atoms with Gasteiger partial charge in [-0.2, -0.15) is 0 Å². The highest BCUT2D eigenvalue weighted by Crippen LogP contribution is 2.17. The average Bonchev–Trinajstić information content (AvgIpc) is 2.35. The molecule has 0 aromatic heterocycles. The van der Waals surface area contributed by atoms with Crippen LogP contribution in [0, 0.1) is 0 Å². The molecule has 0 aliphatic carbocycles. The lowest BCUT2D eigenvalue weighted by molar-refractivity contribution is -0.119. The number of rotatable bonds is 0. The lowest BCUT2D eigenvalue weighted by atomic mass is 10.1. The van der Waals surface area contributed by atoms with E-state index in [2.05, 4.69) is 10.4 Å². The number of hydrogen-bond acceptors (Lipinski definition) is 3. The molecular formula is C6H10N2O. The van der Waals surface area contributed by atoms with Crippen molar-refractivity contribution in [2.24, 2.45) is 0 Å². The number of Topliss-reactive ketones (excluding diaryl/α,β-unsaturated/α-hetero) is 1. The molecule has 50 valence electrons. The van der Waals surface area contributed by atoms with Crippen LogP contribution in [0.4, 0.5) is 0 Å². The summed E-state index contributed by atoms with van der Waals surface area (Å²) in [7, 11) is 0. The minimum Gasteiger partial charge on any atom is -0.298 e. The fraction of sp³-hybridized carbons (Fsp3) is 0.833. The van der Waals surface area contributed by atoms with Gasteiger partial charge in [-0.25, -0.2) is 5.01 Å². The Balaban J connectivity index is 2.15. The minimum atomic E-state index is 0.227. The van der Waals surface area contributed by atoms with Crippen molar-refractivity contribution in [3.05, 3.63) is 0 Å². The third-order valence-corrected chi connectivity index (χ3v) is 2.08. The van der Waals surface area contributed by atoms with Gasteiger partial charge < -0.3 is 0 Å². The monoisotopic (exact) mass is 126 g/mol. The summed E-state index contributed by atoms with van der Waals surface area (Å²) >= 11 is 0. The predicted molar refractivity (Wildman–Crippen MR) is 32.7 cm³/mol. The van der Waals surface area contributed by atoms with Crippen LogP contribution in [0.2, 0.25) is 0 Å². The molecule has 3 nitrogen and oxygen atoms in total. The van der Waals surface area contributed by atoms with Gasteiger partial charge in [0.15, 0.2) is 5.78 Å². The van der Waals surface area contributed by atoms with E-state index in [-0.39, 0.29) is 6.04 Å². The summed E-state index contributed by atoms with van der Waals surface area (Å²) < 4.78 is 0. The number of ketones is 1. The molecule has 0 saturated carbocycles. The smallest absolute Gasteiger partial charge is 0.152 e. The van der Waals surface area contributed by atoms with Gasteiger partial charge in [0.1, 0.15) is 0 Å². The molecule has 1 N–H and O–H groups in total. The number of carbonyl (C=O) groups is 1. The van der Waals surface area contributed by atoms with Crippen LogP contribution in [-0.4, -0.2) is 29.9 Å². The maximum atomic E-state index is 11.0. The van der Waals surface area contributed by atoms with Crippen LogP contribution in [0.5, 0.6) is 0 Å². The van der Waals surface area contributed by atoms with Crippen LogP contribution >= 0.6 is 0 Å². The van der Waals surface area contributed by atoms with E-state index in [0.717, 1.165) is 25.9 Å². The Morgan fingerprint density at radius 2 is 2.56 bits per heavy atom. The van der Waals surface area contributed by atoms with Gasteiger partial charge >= 0.3 is 0 Å². The molecule has 2 saturated heterocycles. The first kappa shape index (κ1) is 5.38. The van der Waals surface area contributed by atoms with Gasteiger partial charge in [0.05, 0.1) is 6.04 Å². The molecule has 9 heavy (non-hydrogen) atoms. The topological polar surface area (TPSA) is 32.3 Å². The van der Waals surface area contributed by atoms with E-state index < -0.39 is 0 Å². The van der Waals surface area contributed by atoms with E-state index in [4.69, 9.17) is 0 Å². The van der Waals surface area contributed by atoms with Gasteiger partial charge in [0, 0.05) is 19.5 Å². The second kappa shape index (κ2) is 1.78. The zero-order chi connectivity index (χ0) is 6.27. The molecule has 0 radical (unpaired) electrons. The SMILES string of the molecule is O=C1CCN2NCCC12. The lowest BCUT2D eigenvalue weighted by Crippen LogP contribution is -2.33. The molecule has 0 aromatic rings. The first-order chi connectivity index (χ1) is 4.38. The van der Waals surface area contributed by atoms with Crippen LogP contribution < -0.4 is 5.43 Å². The van der Waals surface area contributed by atoms with E-state index in [1.807, 2.05) is 0 Å². The first-order valence-corrected chi connectivity index (χ1v) is 3.41. The third-order valence-electron chi connectivity index (χ3n) is 2.08. The van der Waals surface area contributed by atoms with E-state index in [0.29, 0.717) is 5.78 Å². The van der Waals surface area contributed by atoms with Gasteiger partial charge in [-0.15, -0.1) is 0 Å². The Morgan fingerprint density at radius 1 is 1.67 bits per heavy atom. The Kier molecular flexibility index (Phi) is 1.07. The lowest BCUT2D eigenvalue weighted by Gasteiger charge is -2.10. The van der Waals surface area contributed by atoms with Crippen molar-refractivity contribution in [2.75, 3.05) is 13.1 Å². The van der Waals surface area contributed by atoms with E-state index in [9.17, 15) is 4.79 Å². The van der Waals surface area contributed by atoms with Crippen molar-refractivity contribution in [1.29, 1.82) is 0 Å². The van der Waals surface area contributed by atoms with Gasteiger partial charge in [0.2, 0.25) is 0 Å². The minimum absolute atomic E-state index is 0.227. The second-order valence-electron chi connectivity index (χ2n) is 2.62. The molecular weight excluding hydrogens is 116 g/mol. The molecule has 1 atom stereocenters. The number of nitrogens with one attached hydrogen (secondary N) is 1. The molecule has 2 fully saturated rings. The summed E-state index contributed by atoms with van der Waals surface area (Å²) in [5.41, 5.74) is 3.16. The summed E-state index contributed by atoms with van der Waals surface area (Å²) in [5, 5.41) is 2.06. The summed E-state index contributed by atoms with van der Waals surface area (Å²) in [6, 6.07) is 0.227. The molecule has 2 heterocycles. The van der Waals surface area contributed by atoms with E-state index in [1.165, 1.54) is 0 Å². The van der Waals surface area contributed by atoms with Crippen molar-refractivity contribution in [3.8, 4) is 0 Å². The molecule has 2 rings (SSSR count). The molecule has 2 aliphatic rings. The molecule has 2 aliphatic heterocycles. The van der Waals surface area contributed by atoms with Crippen molar-refractivity contribution in [2.45, 2.75) is 18.9 Å². The normalized spacial score (nSPS) is 35.6. The number of fused-ring (bicyclic) bond motifs is 1. The summed E-state index contributed by atoms with van der Waals surface area (Å²) in [5.74, 6) is 0.417. The van der Waals surface area contributed by atoms with Crippen molar-refractivity contribution < 1.29 is 4.79 Å². The highest BCUT2D eigenvalue weighted by atomic mass is 16.1. The Hall–Kier alpha value is -0.410. The first-order valence-electron chi connectivity index (χ1n) is 3.41. The Morgan fingerprint density at radius 3 is 3.33 bits per heavy atom. The van der Waals surface area contributed by atoms with Crippen LogP contribution in [0.1, 0.15) is 12.8 Å². The average molecular weight is 126 g/mol. The van der Waals surface area contributed by atoms with Crippen molar-refractivity contribution in [1.82, 2.24) is 10.4 Å². The predicted octanol–water partition coefficient (Wildman–Crippen LogP) is -0.462. The zero-order valence-electron chi connectivity index (χ0n) is 5.26. The molecule has 0 amide bonds. The summed E-state index contributed by atoms with van der Waals surface area (Å²) in [6.45, 7) is 1.90. The van der Waals surface area contributed by atoms with E-state index in [1.54, 1.807) is 0 Å². The fourth-order valence-corrected chi connectivity index (χ4v) is 1.58. The second-order valence-corrected chi connectivity index (χ2v) is 2.62. The molecule has 0 bridgehead atoms. The quantitative estimate of drug-likeness (QED) is 0.476. The van der Waals surface area contributed by atoms with Crippen molar-refractivity contribution >= 4 is 5.78 Å². The van der Waals surface area contributed by atoms with Gasteiger partial charge in [0.25, 0.3) is 0 Å². The number of nitrogens with zero attached hydrogens (tertiary/aromatic N) is 1. The standard InChI is InChI=1S/C6H10N2O/c9-6-2-4-8-5(6)1-3-7-8/h5,7H,1-4H2. The number of carbonyl (C=O) groups excluding carboxylic acids is 1. The maximum absolute atomic E-state index is 11.0. The largest absolute Gasteiger partial charge is 0.298 e. The highest BCUT2D eigenvalue weighted by Gasteiger charge is 2.35.